The SMILES string of the molecule is CCOc1ccc(NC(=O)CC2C(=O)N(c3ccc(OC)cc3)C(=S)N2CC(=O)OC)cc1. The predicted octanol–water partition coefficient (Wildman–Crippen LogP) is 2.60. The number of amides is 2. The fourth-order valence-corrected chi connectivity index (χ4v) is 3.76. The second-order valence-electron chi connectivity index (χ2n) is 7.08. The molecule has 2 amide bonds. The van der Waals surface area contributed by atoms with Gasteiger partial charge in [0.15, 0.2) is 5.11 Å². The highest BCUT2D eigenvalue weighted by Gasteiger charge is 2.45. The third kappa shape index (κ3) is 5.58. The van der Waals surface area contributed by atoms with Crippen molar-refractivity contribution >= 4 is 46.5 Å². The highest BCUT2D eigenvalue weighted by molar-refractivity contribution is 7.80. The average molecular weight is 472 g/mol. The highest BCUT2D eigenvalue weighted by Crippen LogP contribution is 2.29. The first-order valence-electron chi connectivity index (χ1n) is 10.3. The summed E-state index contributed by atoms with van der Waals surface area (Å²) in [4.78, 5) is 40.7. The van der Waals surface area contributed by atoms with Gasteiger partial charge in [0.2, 0.25) is 5.91 Å². The van der Waals surface area contributed by atoms with E-state index in [0.717, 1.165) is 0 Å². The van der Waals surface area contributed by atoms with Crippen molar-refractivity contribution in [2.24, 2.45) is 0 Å². The van der Waals surface area contributed by atoms with Gasteiger partial charge in [0.1, 0.15) is 24.1 Å². The number of nitrogens with zero attached hydrogens (tertiary/aromatic N) is 2. The third-order valence-corrected chi connectivity index (χ3v) is 5.42. The molecule has 0 saturated carbocycles. The lowest BCUT2D eigenvalue weighted by Crippen LogP contribution is -2.41. The Morgan fingerprint density at radius 1 is 1.03 bits per heavy atom. The summed E-state index contributed by atoms with van der Waals surface area (Å²) in [6.45, 7) is 2.17. The molecule has 2 aromatic rings. The molecule has 1 saturated heterocycles. The van der Waals surface area contributed by atoms with Crippen LogP contribution in [0.4, 0.5) is 11.4 Å². The van der Waals surface area contributed by atoms with E-state index in [1.807, 2.05) is 6.92 Å². The molecular weight excluding hydrogens is 446 g/mol. The van der Waals surface area contributed by atoms with Gasteiger partial charge in [-0.15, -0.1) is 0 Å². The summed E-state index contributed by atoms with van der Waals surface area (Å²) in [7, 11) is 2.79. The molecule has 0 aromatic heterocycles. The molecular formula is C23H25N3O6S. The molecule has 174 valence electrons. The van der Waals surface area contributed by atoms with E-state index in [-0.39, 0.29) is 18.1 Å². The Hall–Kier alpha value is -3.66. The summed E-state index contributed by atoms with van der Waals surface area (Å²) >= 11 is 5.49. The van der Waals surface area contributed by atoms with Crippen molar-refractivity contribution < 1.29 is 28.6 Å². The van der Waals surface area contributed by atoms with Crippen LogP contribution >= 0.6 is 12.2 Å². The zero-order valence-corrected chi connectivity index (χ0v) is 19.4. The van der Waals surface area contributed by atoms with E-state index in [1.165, 1.54) is 24.0 Å². The van der Waals surface area contributed by atoms with Crippen molar-refractivity contribution in [3.05, 3.63) is 48.5 Å². The fourth-order valence-electron chi connectivity index (χ4n) is 3.38. The van der Waals surface area contributed by atoms with E-state index in [2.05, 4.69) is 5.32 Å². The van der Waals surface area contributed by atoms with Crippen molar-refractivity contribution in [1.29, 1.82) is 0 Å². The van der Waals surface area contributed by atoms with E-state index < -0.39 is 23.8 Å². The molecule has 1 heterocycles. The molecule has 0 bridgehead atoms. The minimum absolute atomic E-state index is 0.120. The molecule has 10 heteroatoms. The van der Waals surface area contributed by atoms with Crippen molar-refractivity contribution in [1.82, 2.24) is 4.90 Å². The fraction of sp³-hybridized carbons (Fsp3) is 0.304. The van der Waals surface area contributed by atoms with E-state index in [9.17, 15) is 14.4 Å². The number of carbonyl (C=O) groups excluding carboxylic acids is 3. The van der Waals surface area contributed by atoms with Crippen LogP contribution < -0.4 is 19.7 Å². The van der Waals surface area contributed by atoms with Crippen LogP contribution in [-0.4, -0.2) is 61.2 Å². The standard InChI is InChI=1S/C23H25N3O6S/c1-4-32-18-9-5-15(6-10-18)24-20(27)13-19-22(29)26(16-7-11-17(30-2)12-8-16)23(33)25(19)14-21(28)31-3/h5-12,19H,4,13-14H2,1-3H3,(H,24,27). The Kier molecular flexibility index (Phi) is 7.83. The predicted molar refractivity (Wildman–Crippen MR) is 126 cm³/mol. The lowest BCUT2D eigenvalue weighted by atomic mass is 10.1. The van der Waals surface area contributed by atoms with Gasteiger partial charge in [-0.05, 0) is 67.7 Å². The van der Waals surface area contributed by atoms with Crippen molar-refractivity contribution in [2.75, 3.05) is 37.6 Å². The van der Waals surface area contributed by atoms with Crippen LogP contribution in [0.3, 0.4) is 0 Å². The van der Waals surface area contributed by atoms with Gasteiger partial charge < -0.3 is 24.4 Å². The van der Waals surface area contributed by atoms with E-state index in [0.29, 0.717) is 29.5 Å². The first-order valence-corrected chi connectivity index (χ1v) is 10.7. The van der Waals surface area contributed by atoms with Crippen molar-refractivity contribution in [3.8, 4) is 11.5 Å². The topological polar surface area (TPSA) is 97.4 Å². The number of anilines is 2. The third-order valence-electron chi connectivity index (χ3n) is 5.00. The number of ether oxygens (including phenoxy) is 3. The van der Waals surface area contributed by atoms with Gasteiger partial charge in [0, 0.05) is 5.69 Å². The zero-order valence-electron chi connectivity index (χ0n) is 18.6. The summed E-state index contributed by atoms with van der Waals surface area (Å²) in [6.07, 6.45) is -0.199. The first kappa shape index (κ1) is 24.0. The van der Waals surface area contributed by atoms with Crippen LogP contribution in [0.2, 0.25) is 0 Å². The van der Waals surface area contributed by atoms with E-state index in [1.54, 1.807) is 48.5 Å². The van der Waals surface area contributed by atoms with Crippen molar-refractivity contribution in [3.63, 3.8) is 0 Å². The van der Waals surface area contributed by atoms with E-state index >= 15 is 0 Å². The molecule has 1 aliphatic heterocycles. The minimum Gasteiger partial charge on any atom is -0.497 e. The Morgan fingerprint density at radius 2 is 1.67 bits per heavy atom. The van der Waals surface area contributed by atoms with Crippen LogP contribution in [0.1, 0.15) is 13.3 Å². The molecule has 1 aliphatic rings. The first-order chi connectivity index (χ1) is 15.9. The van der Waals surface area contributed by atoms with Crippen LogP contribution in [0.15, 0.2) is 48.5 Å². The van der Waals surface area contributed by atoms with Crippen LogP contribution in [0.25, 0.3) is 0 Å². The molecule has 2 aromatic carbocycles. The van der Waals surface area contributed by atoms with E-state index in [4.69, 9.17) is 26.4 Å². The number of esters is 1. The van der Waals surface area contributed by atoms with Gasteiger partial charge >= 0.3 is 5.97 Å². The molecule has 3 rings (SSSR count). The lowest BCUT2D eigenvalue weighted by molar-refractivity contribution is -0.141. The van der Waals surface area contributed by atoms with Gasteiger partial charge in [-0.2, -0.15) is 0 Å². The number of hydrogen-bond acceptors (Lipinski definition) is 7. The summed E-state index contributed by atoms with van der Waals surface area (Å²) in [5.41, 5.74) is 1.07. The molecule has 1 fully saturated rings. The molecule has 9 nitrogen and oxygen atoms in total. The molecule has 1 atom stereocenters. The maximum Gasteiger partial charge on any atom is 0.325 e. The van der Waals surface area contributed by atoms with Gasteiger partial charge in [-0.1, -0.05) is 0 Å². The maximum atomic E-state index is 13.3. The van der Waals surface area contributed by atoms with Gasteiger partial charge in [0.05, 0.1) is 32.9 Å². The van der Waals surface area contributed by atoms with Crippen LogP contribution in [-0.2, 0) is 19.1 Å². The summed E-state index contributed by atoms with van der Waals surface area (Å²) in [5, 5.41) is 2.88. The Morgan fingerprint density at radius 3 is 2.24 bits per heavy atom. The number of nitrogens with one attached hydrogen (secondary N) is 1. The summed E-state index contributed by atoms with van der Waals surface area (Å²) in [6, 6.07) is 12.7. The largest absolute Gasteiger partial charge is 0.497 e. The summed E-state index contributed by atoms with van der Waals surface area (Å²) < 4.78 is 15.3. The second-order valence-corrected chi connectivity index (χ2v) is 7.45. The molecule has 0 radical (unpaired) electrons. The summed E-state index contributed by atoms with van der Waals surface area (Å²) in [5.74, 6) is -0.0680. The van der Waals surface area contributed by atoms with Crippen LogP contribution in [0.5, 0.6) is 11.5 Å². The van der Waals surface area contributed by atoms with Crippen molar-refractivity contribution in [2.45, 2.75) is 19.4 Å². The Labute approximate surface area is 197 Å². The molecule has 1 unspecified atom stereocenters. The number of rotatable bonds is 9. The highest BCUT2D eigenvalue weighted by atomic mass is 32.1. The Balaban J connectivity index is 1.78. The molecule has 0 spiro atoms. The minimum atomic E-state index is -0.957. The lowest BCUT2D eigenvalue weighted by Gasteiger charge is -2.22. The average Bonchev–Trinajstić information content (AvgIpc) is 3.04. The zero-order chi connectivity index (χ0) is 24.0. The number of hydrogen-bond donors (Lipinski definition) is 1. The maximum absolute atomic E-state index is 13.3. The normalized spacial score (nSPS) is 15.4. The number of thiocarbonyl (C=S) groups is 1. The quantitative estimate of drug-likeness (QED) is 0.440. The molecule has 0 aliphatic carbocycles. The molecule has 1 N–H and O–H groups in total. The van der Waals surface area contributed by atoms with Gasteiger partial charge in [0.25, 0.3) is 5.91 Å². The van der Waals surface area contributed by atoms with Crippen LogP contribution in [0, 0.1) is 0 Å². The molecule has 33 heavy (non-hydrogen) atoms. The number of carbonyl (C=O) groups is 3. The van der Waals surface area contributed by atoms with Gasteiger partial charge in [-0.25, -0.2) is 0 Å². The number of benzene rings is 2. The number of methoxy groups -OCH3 is 2. The Bertz CT molecular complexity index is 1030. The monoisotopic (exact) mass is 471 g/mol. The smallest absolute Gasteiger partial charge is 0.325 e. The second kappa shape index (κ2) is 10.8. The van der Waals surface area contributed by atoms with Gasteiger partial charge in [-0.3, -0.25) is 19.3 Å².